The van der Waals surface area contributed by atoms with Gasteiger partial charge in [0.25, 0.3) is 0 Å². The van der Waals surface area contributed by atoms with Gasteiger partial charge in [0, 0.05) is 27.5 Å². The third-order valence-corrected chi connectivity index (χ3v) is 3.70. The minimum atomic E-state index is -0.999. The minimum absolute atomic E-state index is 0.251. The number of esters is 1. The van der Waals surface area contributed by atoms with E-state index in [0.29, 0.717) is 0 Å². The Hall–Kier alpha value is -0.640. The molecule has 0 heterocycles. The zero-order chi connectivity index (χ0) is 9.68. The lowest BCUT2D eigenvalue weighted by molar-refractivity contribution is -0.134. The van der Waals surface area contributed by atoms with Gasteiger partial charge in [0.05, 0.1) is 7.11 Å². The first kappa shape index (κ1) is 10.4. The van der Waals surface area contributed by atoms with Gasteiger partial charge in [-0.3, -0.25) is 4.21 Å². The molecule has 0 aliphatic heterocycles. The van der Waals surface area contributed by atoms with Crippen molar-refractivity contribution in [3.63, 3.8) is 0 Å². The van der Waals surface area contributed by atoms with E-state index in [9.17, 15) is 9.00 Å². The Morgan fingerprint density at radius 1 is 1.46 bits per heavy atom. The number of carbonyl (C=O) groups is 1. The van der Waals surface area contributed by atoms with Gasteiger partial charge in [0.2, 0.25) is 0 Å². The molecule has 0 aromatic carbocycles. The fourth-order valence-electron chi connectivity index (χ4n) is 1.42. The third kappa shape index (κ3) is 3.30. The number of methoxy groups -OCH3 is 1. The standard InChI is InChI=1S/C9H14O3S/c1-12-9(10)6-7-13(11)8-4-2-3-5-8/h6-8H,2-5H2,1H3/b7-6+. The van der Waals surface area contributed by atoms with Gasteiger partial charge in [-0.05, 0) is 12.8 Å². The Balaban J connectivity index is 2.39. The summed E-state index contributed by atoms with van der Waals surface area (Å²) in [6.07, 6.45) is 5.58. The highest BCUT2D eigenvalue weighted by Crippen LogP contribution is 2.23. The molecule has 1 aliphatic carbocycles. The molecule has 0 N–H and O–H groups in total. The Kier molecular flexibility index (Phi) is 4.15. The molecule has 1 atom stereocenters. The van der Waals surface area contributed by atoms with Crippen molar-refractivity contribution in [2.24, 2.45) is 0 Å². The molecule has 0 radical (unpaired) electrons. The fraction of sp³-hybridized carbons (Fsp3) is 0.667. The van der Waals surface area contributed by atoms with Gasteiger partial charge in [-0.1, -0.05) is 12.8 Å². The summed E-state index contributed by atoms with van der Waals surface area (Å²) in [5, 5.41) is 1.70. The van der Waals surface area contributed by atoms with Crippen LogP contribution in [0.4, 0.5) is 0 Å². The van der Waals surface area contributed by atoms with Crippen LogP contribution in [-0.4, -0.2) is 22.5 Å². The van der Waals surface area contributed by atoms with Crippen molar-refractivity contribution in [3.8, 4) is 0 Å². The maximum absolute atomic E-state index is 11.5. The van der Waals surface area contributed by atoms with Crippen LogP contribution in [0.5, 0.6) is 0 Å². The van der Waals surface area contributed by atoms with Gasteiger partial charge in [0.15, 0.2) is 0 Å². The molecule has 1 aliphatic rings. The number of carbonyl (C=O) groups excluding carboxylic acids is 1. The van der Waals surface area contributed by atoms with Crippen LogP contribution in [0.25, 0.3) is 0 Å². The van der Waals surface area contributed by atoms with Gasteiger partial charge >= 0.3 is 5.97 Å². The van der Waals surface area contributed by atoms with Crippen LogP contribution in [-0.2, 0) is 20.3 Å². The quantitative estimate of drug-likeness (QED) is 0.512. The molecule has 0 aromatic rings. The molecule has 3 nitrogen and oxygen atoms in total. The molecule has 0 bridgehead atoms. The largest absolute Gasteiger partial charge is 0.466 e. The van der Waals surface area contributed by atoms with Crippen LogP contribution >= 0.6 is 0 Å². The molecule has 13 heavy (non-hydrogen) atoms. The third-order valence-electron chi connectivity index (χ3n) is 2.17. The number of rotatable bonds is 3. The summed E-state index contributed by atoms with van der Waals surface area (Å²) in [6.45, 7) is 0. The first-order valence-electron chi connectivity index (χ1n) is 4.39. The molecular weight excluding hydrogens is 188 g/mol. The SMILES string of the molecule is COC(=O)/C=C/S(=O)C1CCCC1. The molecular formula is C9H14O3S. The zero-order valence-corrected chi connectivity index (χ0v) is 8.51. The average Bonchev–Trinajstić information content (AvgIpc) is 2.66. The highest BCUT2D eigenvalue weighted by molar-refractivity contribution is 7.88. The lowest BCUT2D eigenvalue weighted by Crippen LogP contribution is -2.07. The second kappa shape index (κ2) is 5.17. The molecule has 4 heteroatoms. The van der Waals surface area contributed by atoms with E-state index in [0.717, 1.165) is 25.7 Å². The van der Waals surface area contributed by atoms with Crippen molar-refractivity contribution < 1.29 is 13.7 Å². The topological polar surface area (TPSA) is 43.4 Å². The zero-order valence-electron chi connectivity index (χ0n) is 7.69. The number of hydrogen-bond acceptors (Lipinski definition) is 3. The Bertz CT molecular complexity index is 229. The normalized spacial score (nSPS) is 20.7. The van der Waals surface area contributed by atoms with Crippen LogP contribution in [0.2, 0.25) is 0 Å². The lowest BCUT2D eigenvalue weighted by Gasteiger charge is -2.02. The highest BCUT2D eigenvalue weighted by atomic mass is 32.2. The highest BCUT2D eigenvalue weighted by Gasteiger charge is 2.19. The van der Waals surface area contributed by atoms with E-state index in [1.165, 1.54) is 18.6 Å². The molecule has 74 valence electrons. The minimum Gasteiger partial charge on any atom is -0.466 e. The first-order chi connectivity index (χ1) is 6.24. The van der Waals surface area contributed by atoms with E-state index in [-0.39, 0.29) is 5.25 Å². The molecule has 1 fully saturated rings. The summed E-state index contributed by atoms with van der Waals surface area (Å²) >= 11 is 0. The molecule has 0 aromatic heterocycles. The van der Waals surface area contributed by atoms with Gasteiger partial charge in [-0.2, -0.15) is 0 Å². The van der Waals surface area contributed by atoms with E-state index in [1.807, 2.05) is 0 Å². The Labute approximate surface area is 80.6 Å². The second-order valence-corrected chi connectivity index (χ2v) is 4.66. The molecule has 0 saturated heterocycles. The monoisotopic (exact) mass is 202 g/mol. The maximum atomic E-state index is 11.5. The molecule has 1 saturated carbocycles. The predicted octanol–water partition coefficient (Wildman–Crippen LogP) is 1.36. The van der Waals surface area contributed by atoms with Gasteiger partial charge < -0.3 is 4.74 Å². The number of ether oxygens (including phenoxy) is 1. The van der Waals surface area contributed by atoms with Crippen molar-refractivity contribution >= 4 is 16.8 Å². The van der Waals surface area contributed by atoms with Crippen LogP contribution in [0.15, 0.2) is 11.5 Å². The summed E-state index contributed by atoms with van der Waals surface area (Å²) < 4.78 is 15.9. The predicted molar refractivity (Wildman–Crippen MR) is 51.6 cm³/mol. The second-order valence-electron chi connectivity index (χ2n) is 3.06. The molecule has 0 amide bonds. The van der Waals surface area contributed by atoms with E-state index >= 15 is 0 Å². The van der Waals surface area contributed by atoms with Crippen LogP contribution in [0.3, 0.4) is 0 Å². The van der Waals surface area contributed by atoms with Gasteiger partial charge in [0.1, 0.15) is 0 Å². The van der Waals surface area contributed by atoms with Crippen molar-refractivity contribution in [1.82, 2.24) is 0 Å². The smallest absolute Gasteiger partial charge is 0.331 e. The molecule has 0 spiro atoms. The fourth-order valence-corrected chi connectivity index (χ4v) is 2.69. The lowest BCUT2D eigenvalue weighted by atomic mass is 10.4. The average molecular weight is 202 g/mol. The number of hydrogen-bond donors (Lipinski definition) is 0. The Morgan fingerprint density at radius 2 is 2.08 bits per heavy atom. The van der Waals surface area contributed by atoms with Crippen LogP contribution < -0.4 is 0 Å². The van der Waals surface area contributed by atoms with Crippen molar-refractivity contribution in [2.75, 3.05) is 7.11 Å². The van der Waals surface area contributed by atoms with Gasteiger partial charge in [-0.25, -0.2) is 4.79 Å². The Morgan fingerprint density at radius 3 is 2.62 bits per heavy atom. The van der Waals surface area contributed by atoms with E-state index in [4.69, 9.17) is 0 Å². The van der Waals surface area contributed by atoms with E-state index in [1.54, 1.807) is 0 Å². The first-order valence-corrected chi connectivity index (χ1v) is 5.67. The van der Waals surface area contributed by atoms with Crippen molar-refractivity contribution in [2.45, 2.75) is 30.9 Å². The summed E-state index contributed by atoms with van der Waals surface area (Å²) in [5.41, 5.74) is 0. The van der Waals surface area contributed by atoms with Crippen molar-refractivity contribution in [1.29, 1.82) is 0 Å². The van der Waals surface area contributed by atoms with E-state index < -0.39 is 16.8 Å². The van der Waals surface area contributed by atoms with Crippen LogP contribution in [0, 0.1) is 0 Å². The summed E-state index contributed by atoms with van der Waals surface area (Å²) in [5.74, 6) is -0.439. The summed E-state index contributed by atoms with van der Waals surface area (Å²) in [4.78, 5) is 10.7. The summed E-state index contributed by atoms with van der Waals surface area (Å²) in [6, 6.07) is 0. The molecule has 1 rings (SSSR count). The van der Waals surface area contributed by atoms with E-state index in [2.05, 4.69) is 4.74 Å². The molecule has 1 unspecified atom stereocenters. The van der Waals surface area contributed by atoms with Crippen molar-refractivity contribution in [3.05, 3.63) is 11.5 Å². The van der Waals surface area contributed by atoms with Crippen LogP contribution in [0.1, 0.15) is 25.7 Å². The van der Waals surface area contributed by atoms with Gasteiger partial charge in [-0.15, -0.1) is 0 Å². The summed E-state index contributed by atoms with van der Waals surface area (Å²) in [7, 11) is 0.312. The maximum Gasteiger partial charge on any atom is 0.331 e.